The summed E-state index contributed by atoms with van der Waals surface area (Å²) < 4.78 is 10.7. The molecule has 0 spiro atoms. The molecule has 21 heavy (non-hydrogen) atoms. The Bertz CT molecular complexity index is 508. The molecule has 2 N–H and O–H groups in total. The van der Waals surface area contributed by atoms with Crippen LogP contribution in [0, 0.1) is 0 Å². The van der Waals surface area contributed by atoms with E-state index in [0.29, 0.717) is 23.9 Å². The molecule has 6 heteroatoms. The second-order valence-electron chi connectivity index (χ2n) is 5.94. The zero-order valence-electron chi connectivity index (χ0n) is 12.5. The molecular formula is C15H21ClN2O3. The number of benzene rings is 1. The van der Waals surface area contributed by atoms with Crippen LogP contribution < -0.4 is 10.6 Å². The SMILES string of the molecule is CC(C)(C)OC(=O)Nc1ccc(Cl)cc1C1COCCN1. The minimum absolute atomic E-state index is 0.00221. The van der Waals surface area contributed by atoms with Gasteiger partial charge in [0.15, 0.2) is 0 Å². The van der Waals surface area contributed by atoms with Crippen LogP contribution in [0.5, 0.6) is 0 Å². The van der Waals surface area contributed by atoms with Gasteiger partial charge >= 0.3 is 6.09 Å². The number of hydrogen-bond acceptors (Lipinski definition) is 4. The Balaban J connectivity index is 2.16. The predicted octanol–water partition coefficient (Wildman–Crippen LogP) is 3.35. The van der Waals surface area contributed by atoms with Crippen LogP contribution in [0.4, 0.5) is 10.5 Å². The molecule has 1 heterocycles. The van der Waals surface area contributed by atoms with Gasteiger partial charge in [-0.1, -0.05) is 11.6 Å². The average molecular weight is 313 g/mol. The summed E-state index contributed by atoms with van der Waals surface area (Å²) in [5.41, 5.74) is 1.03. The monoisotopic (exact) mass is 312 g/mol. The summed E-state index contributed by atoms with van der Waals surface area (Å²) in [5, 5.41) is 6.74. The van der Waals surface area contributed by atoms with Crippen molar-refractivity contribution in [2.45, 2.75) is 32.4 Å². The van der Waals surface area contributed by atoms with E-state index in [-0.39, 0.29) is 6.04 Å². The molecule has 5 nitrogen and oxygen atoms in total. The predicted molar refractivity (Wildman–Crippen MR) is 82.9 cm³/mol. The lowest BCUT2D eigenvalue weighted by Gasteiger charge is -2.27. The molecular weight excluding hydrogens is 292 g/mol. The quantitative estimate of drug-likeness (QED) is 0.879. The summed E-state index contributed by atoms with van der Waals surface area (Å²) in [7, 11) is 0. The fraction of sp³-hybridized carbons (Fsp3) is 0.533. The topological polar surface area (TPSA) is 59.6 Å². The lowest BCUT2D eigenvalue weighted by molar-refractivity contribution is 0.0633. The van der Waals surface area contributed by atoms with Crippen LogP contribution in [-0.4, -0.2) is 31.5 Å². The van der Waals surface area contributed by atoms with E-state index in [2.05, 4.69) is 10.6 Å². The number of halogens is 1. The highest BCUT2D eigenvalue weighted by molar-refractivity contribution is 6.30. The van der Waals surface area contributed by atoms with E-state index in [1.54, 1.807) is 12.1 Å². The molecule has 0 bridgehead atoms. The van der Waals surface area contributed by atoms with Gasteiger partial charge in [-0.3, -0.25) is 5.32 Å². The van der Waals surface area contributed by atoms with Crippen LogP contribution >= 0.6 is 11.6 Å². The summed E-state index contributed by atoms with van der Waals surface area (Å²) in [5.74, 6) is 0. The highest BCUT2D eigenvalue weighted by atomic mass is 35.5. The first kappa shape index (κ1) is 16.1. The number of rotatable bonds is 2. The molecule has 1 amide bonds. The normalized spacial score (nSPS) is 19.1. The van der Waals surface area contributed by atoms with E-state index in [0.717, 1.165) is 12.1 Å². The minimum Gasteiger partial charge on any atom is -0.444 e. The first-order chi connectivity index (χ1) is 9.85. The van der Waals surface area contributed by atoms with E-state index in [1.165, 1.54) is 0 Å². The van der Waals surface area contributed by atoms with Gasteiger partial charge in [0.2, 0.25) is 0 Å². The third-order valence-corrected chi connectivity index (χ3v) is 3.18. The standard InChI is InChI=1S/C15H21ClN2O3/c1-15(2,3)21-14(19)18-12-5-4-10(16)8-11(12)13-9-20-7-6-17-13/h4-5,8,13,17H,6-7,9H2,1-3H3,(H,18,19). The van der Waals surface area contributed by atoms with Crippen LogP contribution in [0.2, 0.25) is 5.02 Å². The molecule has 0 aliphatic carbocycles. The summed E-state index contributed by atoms with van der Waals surface area (Å²) in [6, 6.07) is 5.35. The van der Waals surface area contributed by atoms with Gasteiger partial charge in [0.1, 0.15) is 5.60 Å². The molecule has 1 aliphatic rings. The fourth-order valence-electron chi connectivity index (χ4n) is 2.11. The van der Waals surface area contributed by atoms with E-state index < -0.39 is 11.7 Å². The van der Waals surface area contributed by atoms with Crippen molar-refractivity contribution < 1.29 is 14.3 Å². The van der Waals surface area contributed by atoms with Gasteiger partial charge < -0.3 is 14.8 Å². The lowest BCUT2D eigenvalue weighted by Crippen LogP contribution is -2.35. The largest absolute Gasteiger partial charge is 0.444 e. The maximum absolute atomic E-state index is 11.9. The van der Waals surface area contributed by atoms with Gasteiger partial charge in [-0.25, -0.2) is 4.79 Å². The fourth-order valence-corrected chi connectivity index (χ4v) is 2.29. The third-order valence-electron chi connectivity index (χ3n) is 2.95. The van der Waals surface area contributed by atoms with Crippen LogP contribution in [0.15, 0.2) is 18.2 Å². The zero-order valence-corrected chi connectivity index (χ0v) is 13.3. The number of carbonyl (C=O) groups excluding carboxylic acids is 1. The molecule has 1 atom stereocenters. The number of hydrogen-bond donors (Lipinski definition) is 2. The Morgan fingerprint density at radius 2 is 2.24 bits per heavy atom. The summed E-state index contributed by atoms with van der Waals surface area (Å²) in [6.07, 6.45) is -0.484. The van der Waals surface area contributed by atoms with E-state index >= 15 is 0 Å². The van der Waals surface area contributed by atoms with Gasteiger partial charge in [0.05, 0.1) is 19.3 Å². The molecule has 0 aromatic heterocycles. The highest BCUT2D eigenvalue weighted by Crippen LogP contribution is 2.28. The Morgan fingerprint density at radius 3 is 2.86 bits per heavy atom. The summed E-state index contributed by atoms with van der Waals surface area (Å²) in [4.78, 5) is 11.9. The van der Waals surface area contributed by atoms with E-state index in [9.17, 15) is 4.79 Å². The maximum Gasteiger partial charge on any atom is 0.412 e. The summed E-state index contributed by atoms with van der Waals surface area (Å²) >= 11 is 6.07. The first-order valence-corrected chi connectivity index (χ1v) is 7.33. The molecule has 1 aromatic rings. The first-order valence-electron chi connectivity index (χ1n) is 6.96. The van der Waals surface area contributed by atoms with Crippen molar-refractivity contribution in [3.05, 3.63) is 28.8 Å². The number of anilines is 1. The number of nitrogens with one attached hydrogen (secondary N) is 2. The Kier molecular flexibility index (Phi) is 5.08. The lowest BCUT2D eigenvalue weighted by atomic mass is 10.0. The molecule has 1 fully saturated rings. The van der Waals surface area contributed by atoms with E-state index in [4.69, 9.17) is 21.1 Å². The molecule has 1 aromatic carbocycles. The number of morpholine rings is 1. The van der Waals surface area contributed by atoms with Gasteiger partial charge in [-0.15, -0.1) is 0 Å². The molecule has 1 unspecified atom stereocenters. The second kappa shape index (κ2) is 6.64. The van der Waals surface area contributed by atoms with Crippen molar-refractivity contribution in [3.8, 4) is 0 Å². The number of ether oxygens (including phenoxy) is 2. The molecule has 116 valence electrons. The van der Waals surface area contributed by atoms with Crippen molar-refractivity contribution >= 4 is 23.4 Å². The smallest absolute Gasteiger partial charge is 0.412 e. The van der Waals surface area contributed by atoms with Gasteiger partial charge in [-0.2, -0.15) is 0 Å². The van der Waals surface area contributed by atoms with Gasteiger partial charge in [0, 0.05) is 17.3 Å². The Hall–Kier alpha value is -1.30. The van der Waals surface area contributed by atoms with E-state index in [1.807, 2.05) is 26.8 Å². The molecule has 1 saturated heterocycles. The molecule has 0 saturated carbocycles. The van der Waals surface area contributed by atoms with Crippen LogP contribution in [0.25, 0.3) is 0 Å². The second-order valence-corrected chi connectivity index (χ2v) is 6.38. The van der Waals surface area contributed by atoms with Gasteiger partial charge in [-0.05, 0) is 44.5 Å². The molecule has 1 aliphatic heterocycles. The Labute approximate surface area is 130 Å². The van der Waals surface area contributed by atoms with Crippen molar-refractivity contribution in [1.82, 2.24) is 5.32 Å². The van der Waals surface area contributed by atoms with Crippen molar-refractivity contribution in [2.75, 3.05) is 25.1 Å². The molecule has 0 radical (unpaired) electrons. The summed E-state index contributed by atoms with van der Waals surface area (Å²) in [6.45, 7) is 7.47. The number of amides is 1. The zero-order chi connectivity index (χ0) is 15.5. The number of carbonyl (C=O) groups is 1. The highest BCUT2D eigenvalue weighted by Gasteiger charge is 2.22. The third kappa shape index (κ3) is 4.88. The maximum atomic E-state index is 11.9. The van der Waals surface area contributed by atoms with Crippen LogP contribution in [0.1, 0.15) is 32.4 Å². The van der Waals surface area contributed by atoms with Crippen molar-refractivity contribution in [1.29, 1.82) is 0 Å². The minimum atomic E-state index is -0.539. The van der Waals surface area contributed by atoms with Crippen LogP contribution in [0.3, 0.4) is 0 Å². The Morgan fingerprint density at radius 1 is 1.48 bits per heavy atom. The molecule has 2 rings (SSSR count). The van der Waals surface area contributed by atoms with Crippen molar-refractivity contribution in [2.24, 2.45) is 0 Å². The van der Waals surface area contributed by atoms with Gasteiger partial charge in [0.25, 0.3) is 0 Å². The average Bonchev–Trinajstić information content (AvgIpc) is 2.40. The van der Waals surface area contributed by atoms with Crippen LogP contribution in [-0.2, 0) is 9.47 Å². The van der Waals surface area contributed by atoms with Crippen molar-refractivity contribution in [3.63, 3.8) is 0 Å².